The molecule has 0 bridgehead atoms. The number of carbonyl (C=O) groups excluding carboxylic acids is 1. The lowest BCUT2D eigenvalue weighted by atomic mass is 9.74. The second kappa shape index (κ2) is 6.84. The van der Waals surface area contributed by atoms with E-state index < -0.39 is 18.3 Å². The molecular formula is C17H25BClNO3. The van der Waals surface area contributed by atoms with Gasteiger partial charge in [-0.2, -0.15) is 0 Å². The second-order valence-corrected chi connectivity index (χ2v) is 7.39. The molecule has 1 aromatic carbocycles. The summed E-state index contributed by atoms with van der Waals surface area (Å²) in [7, 11) is -0.506. The monoisotopic (exact) mass is 337 g/mol. The van der Waals surface area contributed by atoms with E-state index in [-0.39, 0.29) is 17.7 Å². The number of alkyl halides is 1. The summed E-state index contributed by atoms with van der Waals surface area (Å²) in [5.41, 5.74) is 1.44. The van der Waals surface area contributed by atoms with Crippen LogP contribution in [0.2, 0.25) is 0 Å². The maximum Gasteiger partial charge on any atom is 0.482 e. The van der Waals surface area contributed by atoms with Crippen LogP contribution in [0.15, 0.2) is 24.3 Å². The maximum absolute atomic E-state index is 11.8. The van der Waals surface area contributed by atoms with E-state index in [9.17, 15) is 4.79 Å². The predicted octanol–water partition coefficient (Wildman–Crippen LogP) is 2.89. The van der Waals surface area contributed by atoms with Crippen molar-refractivity contribution >= 4 is 24.6 Å². The van der Waals surface area contributed by atoms with Gasteiger partial charge in [0.15, 0.2) is 0 Å². The molecule has 23 heavy (non-hydrogen) atoms. The number of hydrogen-bond acceptors (Lipinski definition) is 3. The lowest BCUT2D eigenvalue weighted by Crippen LogP contribution is -2.49. The molecule has 1 N–H and O–H groups in total. The van der Waals surface area contributed by atoms with Crippen molar-refractivity contribution in [3.8, 4) is 0 Å². The largest absolute Gasteiger partial charge is 0.482 e. The van der Waals surface area contributed by atoms with E-state index >= 15 is 0 Å². The first-order valence-electron chi connectivity index (χ1n) is 7.91. The van der Waals surface area contributed by atoms with Gasteiger partial charge in [-0.15, -0.1) is 11.6 Å². The Bertz CT molecular complexity index is 543. The Balaban J connectivity index is 2.18. The number of rotatable bonds is 5. The highest BCUT2D eigenvalue weighted by molar-refractivity contribution is 6.48. The van der Waals surface area contributed by atoms with Gasteiger partial charge >= 0.3 is 7.12 Å². The molecule has 2 rings (SSSR count). The average Bonchev–Trinajstić information content (AvgIpc) is 2.69. The van der Waals surface area contributed by atoms with E-state index in [1.54, 1.807) is 0 Å². The van der Waals surface area contributed by atoms with Gasteiger partial charge in [0.05, 0.1) is 17.1 Å². The molecule has 0 radical (unpaired) electrons. The zero-order valence-corrected chi connectivity index (χ0v) is 15.2. The second-order valence-electron chi connectivity index (χ2n) is 7.12. The molecule has 1 aliphatic rings. The van der Waals surface area contributed by atoms with Crippen LogP contribution < -0.4 is 5.32 Å². The van der Waals surface area contributed by atoms with Crippen LogP contribution in [0.3, 0.4) is 0 Å². The first-order chi connectivity index (χ1) is 10.6. The molecule has 126 valence electrons. The molecule has 1 unspecified atom stereocenters. The van der Waals surface area contributed by atoms with Crippen LogP contribution in [0.1, 0.15) is 38.8 Å². The quantitative estimate of drug-likeness (QED) is 0.664. The third-order valence-corrected chi connectivity index (χ3v) is 4.89. The highest BCUT2D eigenvalue weighted by atomic mass is 35.5. The topological polar surface area (TPSA) is 47.6 Å². The fourth-order valence-electron chi connectivity index (χ4n) is 2.49. The summed E-state index contributed by atoms with van der Waals surface area (Å²) >= 11 is 5.64. The molecule has 1 aliphatic heterocycles. The fraction of sp³-hybridized carbons (Fsp3) is 0.588. The van der Waals surface area contributed by atoms with Gasteiger partial charge in [-0.05, 0) is 46.6 Å². The van der Waals surface area contributed by atoms with E-state index in [0.717, 1.165) is 5.56 Å². The number of amides is 1. The zero-order chi connectivity index (χ0) is 17.3. The van der Waals surface area contributed by atoms with Crippen LogP contribution in [0.4, 0.5) is 0 Å². The van der Waals surface area contributed by atoms with Gasteiger partial charge in [-0.25, -0.2) is 0 Å². The Labute approximate surface area is 144 Å². The SMILES string of the molecule is Cc1ccc(CC(NC(=O)CCl)B2OC(C)(C)C(C)(C)O2)cc1. The predicted molar refractivity (Wildman–Crippen MR) is 93.6 cm³/mol. The fourth-order valence-corrected chi connectivity index (χ4v) is 2.57. The van der Waals surface area contributed by atoms with Gasteiger partial charge in [-0.1, -0.05) is 29.8 Å². The van der Waals surface area contributed by atoms with Gasteiger partial charge in [-0.3, -0.25) is 4.79 Å². The summed E-state index contributed by atoms with van der Waals surface area (Å²) in [4.78, 5) is 11.8. The minimum Gasteiger partial charge on any atom is -0.402 e. The molecule has 1 fully saturated rings. The molecule has 6 heteroatoms. The molecule has 0 saturated carbocycles. The van der Waals surface area contributed by atoms with E-state index in [4.69, 9.17) is 20.9 Å². The third kappa shape index (κ3) is 4.28. The Morgan fingerprint density at radius 3 is 2.17 bits per heavy atom. The minimum atomic E-state index is -0.506. The Morgan fingerprint density at radius 1 is 1.17 bits per heavy atom. The van der Waals surface area contributed by atoms with E-state index in [1.165, 1.54) is 5.56 Å². The first-order valence-corrected chi connectivity index (χ1v) is 8.44. The molecular weight excluding hydrogens is 312 g/mol. The van der Waals surface area contributed by atoms with Crippen LogP contribution in [-0.4, -0.2) is 36.0 Å². The summed E-state index contributed by atoms with van der Waals surface area (Å²) in [6.45, 7) is 10.0. The normalized spacial score (nSPS) is 20.3. The highest BCUT2D eigenvalue weighted by Gasteiger charge is 2.54. The lowest BCUT2D eigenvalue weighted by molar-refractivity contribution is -0.119. The standard InChI is InChI=1S/C17H25BClNO3/c1-12-6-8-13(9-7-12)10-14(20-15(21)11-19)18-22-16(2,3)17(4,5)23-18/h6-9,14H,10-11H2,1-5H3,(H,20,21). The Hall–Kier alpha value is -1.04. The summed E-state index contributed by atoms with van der Waals surface area (Å²) in [5, 5.41) is 2.93. The van der Waals surface area contributed by atoms with Crippen molar-refractivity contribution in [3.63, 3.8) is 0 Å². The van der Waals surface area contributed by atoms with Crippen molar-refractivity contribution in [3.05, 3.63) is 35.4 Å². The molecule has 0 aliphatic carbocycles. The molecule has 1 saturated heterocycles. The average molecular weight is 338 g/mol. The number of aryl methyl sites for hydroxylation is 1. The first kappa shape index (κ1) is 18.3. The van der Waals surface area contributed by atoms with Gasteiger partial charge in [0, 0.05) is 0 Å². The van der Waals surface area contributed by atoms with E-state index in [2.05, 4.69) is 29.6 Å². The number of nitrogens with one attached hydrogen (secondary N) is 1. The number of halogens is 1. The molecule has 0 aromatic heterocycles. The molecule has 1 atom stereocenters. The molecule has 1 heterocycles. The third-order valence-electron chi connectivity index (χ3n) is 4.64. The van der Waals surface area contributed by atoms with Crippen LogP contribution in [0.25, 0.3) is 0 Å². The summed E-state index contributed by atoms with van der Waals surface area (Å²) < 4.78 is 12.2. The maximum atomic E-state index is 11.8. The Kier molecular flexibility index (Phi) is 5.44. The van der Waals surface area contributed by atoms with Crippen LogP contribution >= 0.6 is 11.6 Å². The minimum absolute atomic E-state index is 0.0795. The van der Waals surface area contributed by atoms with E-state index in [0.29, 0.717) is 6.42 Å². The van der Waals surface area contributed by atoms with Crippen molar-refractivity contribution in [1.82, 2.24) is 5.32 Å². The number of benzene rings is 1. The number of carbonyl (C=O) groups is 1. The van der Waals surface area contributed by atoms with Crippen molar-refractivity contribution in [2.75, 3.05) is 5.88 Å². The van der Waals surface area contributed by atoms with Gasteiger partial charge in [0.1, 0.15) is 5.88 Å². The van der Waals surface area contributed by atoms with Crippen molar-refractivity contribution < 1.29 is 14.1 Å². The summed E-state index contributed by atoms with van der Waals surface area (Å²) in [6, 6.07) is 8.22. The van der Waals surface area contributed by atoms with Crippen LogP contribution in [0, 0.1) is 6.92 Å². The smallest absolute Gasteiger partial charge is 0.402 e. The number of hydrogen-bond donors (Lipinski definition) is 1. The molecule has 4 nitrogen and oxygen atoms in total. The van der Waals surface area contributed by atoms with Gasteiger partial charge < -0.3 is 14.6 Å². The molecule has 1 aromatic rings. The van der Waals surface area contributed by atoms with Gasteiger partial charge in [0.2, 0.25) is 5.91 Å². The summed E-state index contributed by atoms with van der Waals surface area (Å²) in [6.07, 6.45) is 0.625. The summed E-state index contributed by atoms with van der Waals surface area (Å²) in [5.74, 6) is -0.590. The Morgan fingerprint density at radius 2 is 1.70 bits per heavy atom. The molecule has 1 amide bonds. The lowest BCUT2D eigenvalue weighted by Gasteiger charge is -2.32. The molecule has 0 spiro atoms. The zero-order valence-electron chi connectivity index (χ0n) is 14.5. The van der Waals surface area contributed by atoms with Crippen molar-refractivity contribution in [2.24, 2.45) is 0 Å². The van der Waals surface area contributed by atoms with Crippen LogP contribution in [-0.2, 0) is 20.5 Å². The van der Waals surface area contributed by atoms with Crippen molar-refractivity contribution in [1.29, 1.82) is 0 Å². The van der Waals surface area contributed by atoms with Gasteiger partial charge in [0.25, 0.3) is 0 Å². The van der Waals surface area contributed by atoms with Crippen molar-refractivity contribution in [2.45, 2.75) is 58.2 Å². The van der Waals surface area contributed by atoms with Crippen LogP contribution in [0.5, 0.6) is 0 Å². The van der Waals surface area contributed by atoms with E-state index in [1.807, 2.05) is 34.6 Å². The highest BCUT2D eigenvalue weighted by Crippen LogP contribution is 2.37.